The van der Waals surface area contributed by atoms with E-state index >= 15 is 0 Å². The quantitative estimate of drug-likeness (QED) is 0.473. The van der Waals surface area contributed by atoms with E-state index in [2.05, 4.69) is 0 Å². The van der Waals surface area contributed by atoms with Crippen LogP contribution in [0.25, 0.3) is 6.08 Å². The number of allylic oxidation sites excluding steroid dienone is 1. The average Bonchev–Trinajstić information content (AvgIpc) is 2.62. The Morgan fingerprint density at radius 1 is 1.00 bits per heavy atom. The van der Waals surface area contributed by atoms with Crippen molar-refractivity contribution in [2.24, 2.45) is 0 Å². The summed E-state index contributed by atoms with van der Waals surface area (Å²) in [5.74, 6) is 0.457. The normalized spacial score (nSPS) is 9.44. The minimum Gasteiger partial charge on any atom is -0.482 e. The average molecular weight is 332 g/mol. The third-order valence-electron chi connectivity index (χ3n) is 3.50. The van der Waals surface area contributed by atoms with E-state index in [1.54, 1.807) is 42.5 Å². The minimum absolute atomic E-state index is 0.00605. The fourth-order valence-corrected chi connectivity index (χ4v) is 2.00. The molecule has 0 atom stereocenters. The molecule has 0 saturated heterocycles. The Balaban J connectivity index is 1.92. The number of nitriles is 2. The second-order valence-electron chi connectivity index (χ2n) is 5.36. The monoisotopic (exact) mass is 332 g/mol. The van der Waals surface area contributed by atoms with Gasteiger partial charge >= 0.3 is 5.97 Å². The molecule has 25 heavy (non-hydrogen) atoms. The summed E-state index contributed by atoms with van der Waals surface area (Å²) in [4.78, 5) is 11.8. The van der Waals surface area contributed by atoms with Crippen LogP contribution in [0.4, 0.5) is 0 Å². The van der Waals surface area contributed by atoms with Crippen LogP contribution in [0.2, 0.25) is 0 Å². The predicted octanol–water partition coefficient (Wildman–Crippen LogP) is 3.72. The lowest BCUT2D eigenvalue weighted by Crippen LogP contribution is -2.17. The van der Waals surface area contributed by atoms with Gasteiger partial charge in [-0.05, 0) is 60.9 Å². The molecule has 0 aliphatic heterocycles. The molecule has 0 spiro atoms. The molecule has 0 unspecified atom stereocenters. The first-order valence-electron chi connectivity index (χ1n) is 7.54. The van der Waals surface area contributed by atoms with Gasteiger partial charge in [0.1, 0.15) is 29.2 Å². The number of ether oxygens (including phenoxy) is 2. The summed E-state index contributed by atoms with van der Waals surface area (Å²) in [7, 11) is 0. The molecule has 0 fully saturated rings. The summed E-state index contributed by atoms with van der Waals surface area (Å²) in [6.07, 6.45) is 1.45. The molecule has 0 radical (unpaired) electrons. The first kappa shape index (κ1) is 17.8. The minimum atomic E-state index is -0.517. The predicted molar refractivity (Wildman–Crippen MR) is 92.7 cm³/mol. The van der Waals surface area contributed by atoms with Gasteiger partial charge in [0, 0.05) is 0 Å². The fraction of sp³-hybridized carbons (Fsp3) is 0.150. The number of hydrogen-bond acceptors (Lipinski definition) is 5. The Bertz CT molecular complexity index is 869. The van der Waals surface area contributed by atoms with Crippen LogP contribution < -0.4 is 9.47 Å². The Hall–Kier alpha value is -3.57. The molecule has 5 nitrogen and oxygen atoms in total. The molecule has 124 valence electrons. The summed E-state index contributed by atoms with van der Waals surface area (Å²) in [5, 5.41) is 17.4. The molecule has 0 bridgehead atoms. The first-order chi connectivity index (χ1) is 12.0. The number of aryl methyl sites for hydroxylation is 2. The summed E-state index contributed by atoms with van der Waals surface area (Å²) < 4.78 is 10.6. The van der Waals surface area contributed by atoms with E-state index in [1.165, 1.54) is 6.08 Å². The van der Waals surface area contributed by atoms with Gasteiger partial charge in [0.15, 0.2) is 6.61 Å². The molecule has 2 aromatic carbocycles. The van der Waals surface area contributed by atoms with Crippen LogP contribution in [0.1, 0.15) is 16.7 Å². The summed E-state index contributed by atoms with van der Waals surface area (Å²) >= 11 is 0. The van der Waals surface area contributed by atoms with E-state index < -0.39 is 5.97 Å². The molecule has 0 aliphatic rings. The van der Waals surface area contributed by atoms with Gasteiger partial charge in [-0.15, -0.1) is 0 Å². The van der Waals surface area contributed by atoms with Gasteiger partial charge in [-0.25, -0.2) is 4.79 Å². The molecular formula is C20H16N2O3. The van der Waals surface area contributed by atoms with Crippen LogP contribution in [-0.4, -0.2) is 12.6 Å². The maximum Gasteiger partial charge on any atom is 0.349 e. The van der Waals surface area contributed by atoms with E-state index in [4.69, 9.17) is 20.0 Å². The Kier molecular flexibility index (Phi) is 5.92. The van der Waals surface area contributed by atoms with E-state index in [9.17, 15) is 4.79 Å². The van der Waals surface area contributed by atoms with E-state index in [0.29, 0.717) is 17.1 Å². The third kappa shape index (κ3) is 5.23. The second-order valence-corrected chi connectivity index (χ2v) is 5.36. The molecule has 2 rings (SSSR count). The van der Waals surface area contributed by atoms with Crippen LogP contribution in [0.5, 0.6) is 11.5 Å². The van der Waals surface area contributed by atoms with E-state index in [0.717, 1.165) is 11.1 Å². The highest BCUT2D eigenvalue weighted by Gasteiger charge is 2.07. The molecule has 0 heterocycles. The zero-order chi connectivity index (χ0) is 18.2. The van der Waals surface area contributed by atoms with Crippen LogP contribution in [0.15, 0.2) is 48.0 Å². The van der Waals surface area contributed by atoms with Gasteiger partial charge in [0.05, 0.1) is 0 Å². The molecular weight excluding hydrogens is 316 g/mol. The van der Waals surface area contributed by atoms with Crippen molar-refractivity contribution in [1.29, 1.82) is 10.5 Å². The second kappa shape index (κ2) is 8.33. The molecule has 0 amide bonds. The topological polar surface area (TPSA) is 83.1 Å². The zero-order valence-electron chi connectivity index (χ0n) is 13.9. The van der Waals surface area contributed by atoms with Gasteiger partial charge in [-0.1, -0.05) is 18.2 Å². The van der Waals surface area contributed by atoms with Gasteiger partial charge in [-0.2, -0.15) is 10.5 Å². The number of rotatable bonds is 5. The molecule has 5 heteroatoms. The Morgan fingerprint density at radius 2 is 1.64 bits per heavy atom. The lowest BCUT2D eigenvalue weighted by Gasteiger charge is -2.08. The van der Waals surface area contributed by atoms with E-state index in [1.807, 2.05) is 26.0 Å². The van der Waals surface area contributed by atoms with Crippen molar-refractivity contribution < 1.29 is 14.3 Å². The highest BCUT2D eigenvalue weighted by atomic mass is 16.6. The SMILES string of the molecule is Cc1ccc(OCC(=O)Oc2ccc(C=C(C#N)C#N)cc2)cc1C. The lowest BCUT2D eigenvalue weighted by molar-refractivity contribution is -0.136. The summed E-state index contributed by atoms with van der Waals surface area (Å²) in [6.45, 7) is 3.78. The number of carbonyl (C=O) groups excluding carboxylic acids is 1. The molecule has 0 N–H and O–H groups in total. The van der Waals surface area contributed by atoms with Crippen LogP contribution >= 0.6 is 0 Å². The van der Waals surface area contributed by atoms with Crippen LogP contribution in [-0.2, 0) is 4.79 Å². The maximum atomic E-state index is 11.8. The molecule has 0 aliphatic carbocycles. The van der Waals surface area contributed by atoms with Crippen molar-refractivity contribution in [2.45, 2.75) is 13.8 Å². The largest absolute Gasteiger partial charge is 0.482 e. The molecule has 0 aromatic heterocycles. The zero-order valence-corrected chi connectivity index (χ0v) is 13.9. The lowest BCUT2D eigenvalue weighted by atomic mass is 10.1. The smallest absolute Gasteiger partial charge is 0.349 e. The van der Waals surface area contributed by atoms with Crippen molar-refractivity contribution in [1.82, 2.24) is 0 Å². The van der Waals surface area contributed by atoms with Crippen LogP contribution in [0, 0.1) is 36.5 Å². The number of benzene rings is 2. The first-order valence-corrected chi connectivity index (χ1v) is 7.54. The van der Waals surface area contributed by atoms with Crippen molar-refractivity contribution in [2.75, 3.05) is 6.61 Å². The highest BCUT2D eigenvalue weighted by Crippen LogP contribution is 2.17. The molecule has 2 aromatic rings. The number of carbonyl (C=O) groups is 1. The van der Waals surface area contributed by atoms with Gasteiger partial charge in [0.25, 0.3) is 0 Å². The summed E-state index contributed by atoms with van der Waals surface area (Å²) in [5.41, 5.74) is 2.92. The van der Waals surface area contributed by atoms with Crippen molar-refractivity contribution in [3.8, 4) is 23.6 Å². The van der Waals surface area contributed by atoms with Crippen LogP contribution in [0.3, 0.4) is 0 Å². The fourth-order valence-electron chi connectivity index (χ4n) is 2.00. The maximum absolute atomic E-state index is 11.8. The Labute approximate surface area is 146 Å². The Morgan fingerprint density at radius 3 is 2.24 bits per heavy atom. The van der Waals surface area contributed by atoms with Gasteiger partial charge in [-0.3, -0.25) is 0 Å². The number of hydrogen-bond donors (Lipinski definition) is 0. The molecule has 0 saturated carbocycles. The van der Waals surface area contributed by atoms with Crippen molar-refractivity contribution in [3.63, 3.8) is 0 Å². The standard InChI is InChI=1S/C20H16N2O3/c1-14-3-6-19(9-15(14)2)24-13-20(23)25-18-7-4-16(5-8-18)10-17(11-21)12-22/h3-10H,13H2,1-2H3. The van der Waals surface area contributed by atoms with Gasteiger partial charge < -0.3 is 9.47 Å². The number of nitrogens with zero attached hydrogens (tertiary/aromatic N) is 2. The highest BCUT2D eigenvalue weighted by molar-refractivity contribution is 5.74. The summed E-state index contributed by atoms with van der Waals surface area (Å²) in [6, 6.07) is 15.7. The van der Waals surface area contributed by atoms with Gasteiger partial charge in [0.2, 0.25) is 0 Å². The van der Waals surface area contributed by atoms with Crippen molar-refractivity contribution >= 4 is 12.0 Å². The third-order valence-corrected chi connectivity index (χ3v) is 3.50. The van der Waals surface area contributed by atoms with E-state index in [-0.39, 0.29) is 12.2 Å². The number of esters is 1. The van der Waals surface area contributed by atoms with Crippen molar-refractivity contribution in [3.05, 3.63) is 64.7 Å².